The van der Waals surface area contributed by atoms with Gasteiger partial charge < -0.3 is 4.74 Å². The van der Waals surface area contributed by atoms with Crippen LogP contribution in [-0.4, -0.2) is 30.8 Å². The van der Waals surface area contributed by atoms with E-state index < -0.39 is 0 Å². The number of likely N-dealkylation sites (N-methyl/N-ethyl adjacent to an activating group) is 1. The molecule has 0 saturated carbocycles. The van der Waals surface area contributed by atoms with Crippen molar-refractivity contribution in [3.8, 4) is 0 Å². The molecule has 0 bridgehead atoms. The average Bonchev–Trinajstić information content (AvgIpc) is 2.90. The summed E-state index contributed by atoms with van der Waals surface area (Å²) in [4.78, 5) is 2.53. The van der Waals surface area contributed by atoms with Crippen LogP contribution in [0.25, 0.3) is 0 Å². The molecule has 0 spiro atoms. The lowest BCUT2D eigenvalue weighted by molar-refractivity contribution is -0.0364. The summed E-state index contributed by atoms with van der Waals surface area (Å²) in [5.74, 6) is 0.646. The number of aryl methyl sites for hydroxylation is 1. The first-order chi connectivity index (χ1) is 10.6. The Morgan fingerprint density at radius 3 is 2.77 bits per heavy atom. The Labute approximate surface area is 135 Å². The van der Waals surface area contributed by atoms with Gasteiger partial charge in [-0.25, -0.2) is 0 Å². The minimum Gasteiger partial charge on any atom is -0.361 e. The van der Waals surface area contributed by atoms with Gasteiger partial charge in [0.2, 0.25) is 0 Å². The third-order valence-corrected chi connectivity index (χ3v) is 5.88. The second-order valence-electron chi connectivity index (χ2n) is 7.58. The van der Waals surface area contributed by atoms with Gasteiger partial charge in [0.05, 0.1) is 6.61 Å². The summed E-state index contributed by atoms with van der Waals surface area (Å²) in [7, 11) is 2.27. The van der Waals surface area contributed by atoms with Gasteiger partial charge in [-0.2, -0.15) is 0 Å². The van der Waals surface area contributed by atoms with Crippen molar-refractivity contribution in [2.24, 2.45) is 5.92 Å². The third-order valence-electron chi connectivity index (χ3n) is 5.88. The van der Waals surface area contributed by atoms with E-state index in [0.29, 0.717) is 12.0 Å². The Hall–Kier alpha value is -0.860. The van der Waals surface area contributed by atoms with Crippen LogP contribution in [0.5, 0.6) is 0 Å². The van der Waals surface area contributed by atoms with Crippen molar-refractivity contribution in [1.82, 2.24) is 4.90 Å². The Morgan fingerprint density at radius 2 is 2.09 bits per heavy atom. The van der Waals surface area contributed by atoms with Gasteiger partial charge in [-0.1, -0.05) is 51.5 Å². The number of nitrogens with zero attached hydrogens (tertiary/aromatic N) is 1. The van der Waals surface area contributed by atoms with Crippen LogP contribution in [0, 0.1) is 5.92 Å². The number of hydrogen-bond donors (Lipinski definition) is 0. The number of hydrogen-bond acceptors (Lipinski definition) is 2. The molecule has 0 N–H and O–H groups in total. The molecule has 3 atom stereocenters. The molecule has 1 aromatic rings. The molecular weight excluding hydrogens is 270 g/mol. The number of fused-ring (bicyclic) bond motifs is 1. The molecule has 1 aromatic carbocycles. The van der Waals surface area contributed by atoms with Crippen molar-refractivity contribution < 1.29 is 4.74 Å². The highest BCUT2D eigenvalue weighted by molar-refractivity contribution is 5.38. The Kier molecular flexibility index (Phi) is 4.61. The minimum absolute atomic E-state index is 0.183. The summed E-state index contributed by atoms with van der Waals surface area (Å²) in [5, 5.41) is 0. The van der Waals surface area contributed by atoms with E-state index in [4.69, 9.17) is 4.74 Å². The first-order valence-electron chi connectivity index (χ1n) is 9.02. The van der Waals surface area contributed by atoms with Crippen LogP contribution in [0.2, 0.25) is 0 Å². The molecule has 3 rings (SSSR count). The van der Waals surface area contributed by atoms with E-state index in [1.165, 1.54) is 32.1 Å². The summed E-state index contributed by atoms with van der Waals surface area (Å²) in [6.07, 6.45) is 6.46. The zero-order valence-corrected chi connectivity index (χ0v) is 14.6. The van der Waals surface area contributed by atoms with Crippen molar-refractivity contribution in [1.29, 1.82) is 0 Å². The predicted molar refractivity (Wildman–Crippen MR) is 92.1 cm³/mol. The maximum Gasteiger partial charge on any atom is 0.120 e. The van der Waals surface area contributed by atoms with Gasteiger partial charge in [-0.15, -0.1) is 0 Å². The largest absolute Gasteiger partial charge is 0.361 e. The fourth-order valence-electron chi connectivity index (χ4n) is 4.85. The van der Waals surface area contributed by atoms with E-state index in [2.05, 4.69) is 57.0 Å². The van der Waals surface area contributed by atoms with E-state index in [-0.39, 0.29) is 11.6 Å². The quantitative estimate of drug-likeness (QED) is 0.818. The van der Waals surface area contributed by atoms with E-state index >= 15 is 0 Å². The molecule has 1 fully saturated rings. The van der Waals surface area contributed by atoms with E-state index in [9.17, 15) is 0 Å². The second-order valence-corrected chi connectivity index (χ2v) is 7.58. The fourth-order valence-corrected chi connectivity index (χ4v) is 4.85. The molecular formula is C20H31NO. The minimum atomic E-state index is 0.183. The van der Waals surface area contributed by atoms with Gasteiger partial charge in [0.1, 0.15) is 6.23 Å². The van der Waals surface area contributed by atoms with Crippen LogP contribution < -0.4 is 0 Å². The molecule has 0 amide bonds. The molecule has 1 heterocycles. The lowest BCUT2D eigenvalue weighted by atomic mass is 9.66. The molecule has 1 aliphatic carbocycles. The zero-order chi connectivity index (χ0) is 15.7. The van der Waals surface area contributed by atoms with Crippen molar-refractivity contribution in [2.45, 2.75) is 70.6 Å². The molecule has 22 heavy (non-hydrogen) atoms. The van der Waals surface area contributed by atoms with Crippen molar-refractivity contribution in [3.05, 3.63) is 35.4 Å². The topological polar surface area (TPSA) is 12.5 Å². The maximum atomic E-state index is 6.42. The molecule has 2 aliphatic rings. The number of rotatable bonds is 4. The Balaban J connectivity index is 2.00. The summed E-state index contributed by atoms with van der Waals surface area (Å²) < 4.78 is 6.42. The summed E-state index contributed by atoms with van der Waals surface area (Å²) >= 11 is 0. The van der Waals surface area contributed by atoms with Crippen LogP contribution >= 0.6 is 0 Å². The standard InChI is InChI=1S/C20H31NO/c1-5-12-20(19-21(4)18(14-22-19)15(2)3)13-8-10-16-9-6-7-11-17(16)20/h6-7,9,11,15,18-19H,5,8,10,12-14H2,1-4H3/t18-,19?,20+/m1/s1. The predicted octanol–water partition coefficient (Wildman–Crippen LogP) is 4.37. The Bertz CT molecular complexity index is 512. The van der Waals surface area contributed by atoms with Crippen LogP contribution in [-0.2, 0) is 16.6 Å². The maximum absolute atomic E-state index is 6.42. The molecule has 0 aromatic heterocycles. The summed E-state index contributed by atoms with van der Waals surface area (Å²) in [6, 6.07) is 9.64. The number of benzene rings is 1. The third kappa shape index (κ3) is 2.51. The van der Waals surface area contributed by atoms with Crippen LogP contribution in [0.1, 0.15) is 57.6 Å². The zero-order valence-electron chi connectivity index (χ0n) is 14.6. The van der Waals surface area contributed by atoms with Gasteiger partial charge in [-0.05, 0) is 49.8 Å². The van der Waals surface area contributed by atoms with E-state index in [1.54, 1.807) is 11.1 Å². The molecule has 122 valence electrons. The molecule has 2 nitrogen and oxygen atoms in total. The van der Waals surface area contributed by atoms with E-state index in [1.807, 2.05) is 0 Å². The van der Waals surface area contributed by atoms with E-state index in [0.717, 1.165) is 6.61 Å². The van der Waals surface area contributed by atoms with Crippen molar-refractivity contribution in [3.63, 3.8) is 0 Å². The lowest BCUT2D eigenvalue weighted by Gasteiger charge is -2.46. The van der Waals surface area contributed by atoms with Gasteiger partial charge >= 0.3 is 0 Å². The highest BCUT2D eigenvalue weighted by atomic mass is 16.5. The molecule has 1 unspecified atom stereocenters. The number of ether oxygens (including phenoxy) is 1. The first kappa shape index (κ1) is 16.0. The normalized spacial score (nSPS) is 32.4. The highest BCUT2D eigenvalue weighted by Crippen LogP contribution is 2.47. The van der Waals surface area contributed by atoms with Gasteiger partial charge in [0.15, 0.2) is 0 Å². The summed E-state index contributed by atoms with van der Waals surface area (Å²) in [5.41, 5.74) is 3.29. The Morgan fingerprint density at radius 1 is 1.32 bits per heavy atom. The van der Waals surface area contributed by atoms with Gasteiger partial charge in [0, 0.05) is 11.5 Å². The average molecular weight is 301 g/mol. The van der Waals surface area contributed by atoms with Crippen molar-refractivity contribution >= 4 is 0 Å². The first-order valence-corrected chi connectivity index (χ1v) is 9.02. The summed E-state index contributed by atoms with van der Waals surface area (Å²) in [6.45, 7) is 7.82. The van der Waals surface area contributed by atoms with Crippen LogP contribution in [0.4, 0.5) is 0 Å². The lowest BCUT2D eigenvalue weighted by Crippen LogP contribution is -2.51. The SMILES string of the molecule is CCC[C@]1(C2OC[C@H](C(C)C)N2C)CCCc2ccccc21. The monoisotopic (exact) mass is 301 g/mol. The molecule has 1 saturated heterocycles. The molecule has 0 radical (unpaired) electrons. The van der Waals surface area contributed by atoms with Crippen molar-refractivity contribution in [2.75, 3.05) is 13.7 Å². The van der Waals surface area contributed by atoms with Crippen LogP contribution in [0.15, 0.2) is 24.3 Å². The van der Waals surface area contributed by atoms with Crippen LogP contribution in [0.3, 0.4) is 0 Å². The smallest absolute Gasteiger partial charge is 0.120 e. The van der Waals surface area contributed by atoms with Gasteiger partial charge in [-0.3, -0.25) is 4.90 Å². The highest BCUT2D eigenvalue weighted by Gasteiger charge is 2.49. The fraction of sp³-hybridized carbons (Fsp3) is 0.700. The molecule has 1 aliphatic heterocycles. The second kappa shape index (κ2) is 6.33. The van der Waals surface area contributed by atoms with Gasteiger partial charge in [0.25, 0.3) is 0 Å². The molecule has 2 heteroatoms.